The van der Waals surface area contributed by atoms with Gasteiger partial charge in [-0.05, 0) is 50.1 Å². The first kappa shape index (κ1) is 24.0. The number of rotatable bonds is 5. The number of carbonyl (C=O) groups excluding carboxylic acids is 1. The van der Waals surface area contributed by atoms with Crippen LogP contribution in [0.5, 0.6) is 0 Å². The summed E-state index contributed by atoms with van der Waals surface area (Å²) in [5, 5.41) is 4.40. The minimum Gasteiger partial charge on any atom is -0.465 e. The van der Waals surface area contributed by atoms with Gasteiger partial charge in [0.05, 0.1) is 29.6 Å². The average molecular weight is 477 g/mol. The Balaban J connectivity index is 1.76. The van der Waals surface area contributed by atoms with Crippen LogP contribution in [-0.4, -0.2) is 27.2 Å². The van der Waals surface area contributed by atoms with E-state index in [4.69, 9.17) is 4.74 Å². The molecule has 4 rings (SSSR count). The number of benzene rings is 2. The van der Waals surface area contributed by atoms with Gasteiger partial charge in [0.15, 0.2) is 5.65 Å². The number of alkyl halides is 3. The van der Waals surface area contributed by atoms with Crippen LogP contribution in [-0.2, 0) is 27.5 Å². The van der Waals surface area contributed by atoms with Crippen molar-refractivity contribution in [3.8, 4) is 11.8 Å². The van der Waals surface area contributed by atoms with Crippen LogP contribution in [0.15, 0.2) is 73.1 Å². The van der Waals surface area contributed by atoms with Gasteiger partial charge in [0.25, 0.3) is 0 Å². The van der Waals surface area contributed by atoms with E-state index in [1.807, 2.05) is 30.3 Å². The fourth-order valence-corrected chi connectivity index (χ4v) is 3.87. The molecular weight excluding hydrogens is 455 g/mol. The molecule has 0 saturated heterocycles. The number of hydrogen-bond acceptors (Lipinski definition) is 4. The molecule has 0 N–H and O–H groups in total. The quantitative estimate of drug-likeness (QED) is 0.293. The molecule has 1 unspecified atom stereocenters. The summed E-state index contributed by atoms with van der Waals surface area (Å²) < 4.78 is 46.0. The summed E-state index contributed by atoms with van der Waals surface area (Å²) in [5.74, 6) is 5.22. The highest BCUT2D eigenvalue weighted by Gasteiger charge is 2.39. The smallest absolute Gasteiger partial charge is 0.416 e. The number of nitrogens with zero attached hydrogens (tertiary/aromatic N) is 3. The van der Waals surface area contributed by atoms with Crippen molar-refractivity contribution in [3.63, 3.8) is 0 Å². The fraction of sp³-hybridized carbons (Fsp3) is 0.222. The van der Waals surface area contributed by atoms with Crippen LogP contribution in [0, 0.1) is 11.8 Å². The topological polar surface area (TPSA) is 56.5 Å². The molecule has 5 nitrogen and oxygen atoms in total. The zero-order chi connectivity index (χ0) is 25.1. The molecule has 2 heterocycles. The van der Waals surface area contributed by atoms with Gasteiger partial charge in [0.1, 0.15) is 5.41 Å². The molecule has 1 atom stereocenters. The lowest BCUT2D eigenvalue weighted by Crippen LogP contribution is -2.38. The van der Waals surface area contributed by atoms with Crippen LogP contribution in [0.25, 0.3) is 5.65 Å². The average Bonchev–Trinajstić information content (AvgIpc) is 3.26. The van der Waals surface area contributed by atoms with Crippen LogP contribution >= 0.6 is 0 Å². The van der Waals surface area contributed by atoms with Crippen LogP contribution < -0.4 is 0 Å². The molecule has 178 valence electrons. The fourth-order valence-electron chi connectivity index (χ4n) is 3.87. The number of fused-ring (bicyclic) bond motifs is 1. The van der Waals surface area contributed by atoms with Crippen molar-refractivity contribution in [2.45, 2.75) is 31.9 Å². The maximum Gasteiger partial charge on any atom is 0.416 e. The predicted octanol–water partition coefficient (Wildman–Crippen LogP) is 5.21. The van der Waals surface area contributed by atoms with Gasteiger partial charge in [0.2, 0.25) is 0 Å². The zero-order valence-corrected chi connectivity index (χ0v) is 19.1. The monoisotopic (exact) mass is 477 g/mol. The van der Waals surface area contributed by atoms with Gasteiger partial charge in [-0.3, -0.25) is 4.79 Å². The largest absolute Gasteiger partial charge is 0.465 e. The summed E-state index contributed by atoms with van der Waals surface area (Å²) in [5.41, 5.74) is 0.713. The summed E-state index contributed by atoms with van der Waals surface area (Å²) in [4.78, 5) is 17.5. The molecular formula is C27H22F3N3O2. The summed E-state index contributed by atoms with van der Waals surface area (Å²) in [6, 6.07) is 16.1. The van der Waals surface area contributed by atoms with Crippen LogP contribution in [0.2, 0.25) is 0 Å². The lowest BCUT2D eigenvalue weighted by molar-refractivity contribution is -0.149. The standard InChI is InChI=1S/C27H22F3N3O2/c1-3-35-25(34)26(2,17-20-8-5-4-6-9-20)23-14-15-31-24-21(18-32-33(23)24)13-12-19-10-7-11-22(16-19)27(28,29)30/h4-11,14-16,18H,3,17H2,1-2H3. The molecule has 0 aliphatic carbocycles. The van der Waals surface area contributed by atoms with Gasteiger partial charge in [-0.25, -0.2) is 9.50 Å². The number of aromatic nitrogens is 3. The van der Waals surface area contributed by atoms with E-state index >= 15 is 0 Å². The second-order valence-corrected chi connectivity index (χ2v) is 8.17. The Bertz CT molecular complexity index is 1420. The molecule has 2 aromatic carbocycles. The van der Waals surface area contributed by atoms with Crippen molar-refractivity contribution in [2.24, 2.45) is 0 Å². The lowest BCUT2D eigenvalue weighted by Gasteiger charge is -2.28. The molecule has 0 fully saturated rings. The maximum absolute atomic E-state index is 13.1. The summed E-state index contributed by atoms with van der Waals surface area (Å²) in [6.45, 7) is 3.77. The highest BCUT2D eigenvalue weighted by molar-refractivity contribution is 5.83. The third kappa shape index (κ3) is 5.04. The van der Waals surface area contributed by atoms with Crippen molar-refractivity contribution >= 4 is 11.6 Å². The van der Waals surface area contributed by atoms with Gasteiger partial charge in [-0.1, -0.05) is 48.2 Å². The third-order valence-corrected chi connectivity index (χ3v) is 5.62. The number of carbonyl (C=O) groups is 1. The van der Waals surface area contributed by atoms with E-state index < -0.39 is 23.1 Å². The SMILES string of the molecule is CCOC(=O)C(C)(Cc1ccccc1)c1ccnc2c(C#Cc3cccc(C(F)(F)F)c3)cnn12. The molecule has 2 aromatic heterocycles. The molecule has 0 aliphatic rings. The van der Waals surface area contributed by atoms with Gasteiger partial charge < -0.3 is 4.74 Å². The molecule has 4 aromatic rings. The van der Waals surface area contributed by atoms with Crippen molar-refractivity contribution in [2.75, 3.05) is 6.61 Å². The Morgan fingerprint density at radius 1 is 1.06 bits per heavy atom. The predicted molar refractivity (Wildman–Crippen MR) is 125 cm³/mol. The van der Waals surface area contributed by atoms with Gasteiger partial charge in [0, 0.05) is 11.8 Å². The number of halogens is 3. The van der Waals surface area contributed by atoms with Crippen LogP contribution in [0.3, 0.4) is 0 Å². The highest BCUT2D eigenvalue weighted by atomic mass is 19.4. The van der Waals surface area contributed by atoms with E-state index in [1.165, 1.54) is 22.8 Å². The molecule has 8 heteroatoms. The molecule has 0 saturated carbocycles. The van der Waals surface area contributed by atoms with E-state index in [0.717, 1.165) is 17.7 Å². The van der Waals surface area contributed by atoms with Gasteiger partial charge in [-0.15, -0.1) is 0 Å². The first-order valence-electron chi connectivity index (χ1n) is 11.0. The second kappa shape index (κ2) is 9.63. The normalized spacial score (nSPS) is 13.1. The maximum atomic E-state index is 13.1. The Morgan fingerprint density at radius 3 is 2.54 bits per heavy atom. The molecule has 0 radical (unpaired) electrons. The van der Waals surface area contributed by atoms with Crippen molar-refractivity contribution in [3.05, 3.63) is 101 Å². The highest BCUT2D eigenvalue weighted by Crippen LogP contribution is 2.31. The first-order chi connectivity index (χ1) is 16.7. The van der Waals surface area contributed by atoms with E-state index in [2.05, 4.69) is 21.9 Å². The number of ether oxygens (including phenoxy) is 1. The molecule has 0 amide bonds. The summed E-state index contributed by atoms with van der Waals surface area (Å²) in [7, 11) is 0. The Labute approximate surface area is 200 Å². The lowest BCUT2D eigenvalue weighted by atomic mass is 9.80. The van der Waals surface area contributed by atoms with E-state index in [1.54, 1.807) is 26.1 Å². The van der Waals surface area contributed by atoms with Crippen molar-refractivity contribution in [1.29, 1.82) is 0 Å². The molecule has 0 spiro atoms. The Hall–Kier alpha value is -4.12. The van der Waals surface area contributed by atoms with Crippen molar-refractivity contribution in [1.82, 2.24) is 14.6 Å². The van der Waals surface area contributed by atoms with Crippen LogP contribution in [0.4, 0.5) is 13.2 Å². The summed E-state index contributed by atoms with van der Waals surface area (Å²) in [6.07, 6.45) is -1.03. The molecule has 0 bridgehead atoms. The van der Waals surface area contributed by atoms with Crippen LogP contribution in [0.1, 0.15) is 41.8 Å². The minimum absolute atomic E-state index is 0.218. The first-order valence-corrected chi connectivity index (χ1v) is 11.0. The Kier molecular flexibility index (Phi) is 6.61. The minimum atomic E-state index is -4.45. The Morgan fingerprint density at radius 2 is 1.83 bits per heavy atom. The molecule has 35 heavy (non-hydrogen) atoms. The van der Waals surface area contributed by atoms with Gasteiger partial charge >= 0.3 is 12.1 Å². The van der Waals surface area contributed by atoms with Gasteiger partial charge in [-0.2, -0.15) is 18.3 Å². The summed E-state index contributed by atoms with van der Waals surface area (Å²) >= 11 is 0. The van der Waals surface area contributed by atoms with E-state index in [-0.39, 0.29) is 12.2 Å². The third-order valence-electron chi connectivity index (χ3n) is 5.62. The number of esters is 1. The van der Waals surface area contributed by atoms with E-state index in [0.29, 0.717) is 23.3 Å². The van der Waals surface area contributed by atoms with E-state index in [9.17, 15) is 18.0 Å². The second-order valence-electron chi connectivity index (χ2n) is 8.17. The number of hydrogen-bond donors (Lipinski definition) is 0. The van der Waals surface area contributed by atoms with Crippen molar-refractivity contribution < 1.29 is 22.7 Å². The zero-order valence-electron chi connectivity index (χ0n) is 19.1. The molecule has 0 aliphatic heterocycles.